The van der Waals surface area contributed by atoms with Gasteiger partial charge in [0.1, 0.15) is 6.04 Å². The molecule has 1 amide bonds. The molecule has 1 aliphatic heterocycles. The van der Waals surface area contributed by atoms with E-state index in [0.717, 1.165) is 0 Å². The van der Waals surface area contributed by atoms with E-state index in [4.69, 9.17) is 0 Å². The van der Waals surface area contributed by atoms with Gasteiger partial charge in [0.25, 0.3) is 0 Å². The zero-order valence-electron chi connectivity index (χ0n) is 6.80. The highest BCUT2D eigenvalue weighted by atomic mass is 32.2. The Labute approximate surface area is 69.9 Å². The lowest BCUT2D eigenvalue weighted by Crippen LogP contribution is -2.59. The van der Waals surface area contributed by atoms with E-state index in [-0.39, 0.29) is 21.8 Å². The van der Waals surface area contributed by atoms with Gasteiger partial charge in [-0.25, -0.2) is 0 Å². The molecule has 3 nitrogen and oxygen atoms in total. The topological polar surface area (TPSA) is 46.2 Å². The second kappa shape index (κ2) is 2.52. The van der Waals surface area contributed by atoms with E-state index in [1.165, 1.54) is 18.7 Å². The summed E-state index contributed by atoms with van der Waals surface area (Å²) in [6.45, 7) is 5.31. The van der Waals surface area contributed by atoms with Crippen molar-refractivity contribution in [1.29, 1.82) is 0 Å². The van der Waals surface area contributed by atoms with Gasteiger partial charge in [-0.3, -0.25) is 9.59 Å². The highest BCUT2D eigenvalue weighted by molar-refractivity contribution is 8.17. The number of thioether (sulfide) groups is 1. The lowest BCUT2D eigenvalue weighted by Gasteiger charge is -2.41. The first-order valence-corrected chi connectivity index (χ1v) is 4.25. The molecular formula is C7H11NO2S. The monoisotopic (exact) mass is 173 g/mol. The Morgan fingerprint density at radius 1 is 1.64 bits per heavy atom. The van der Waals surface area contributed by atoms with Crippen molar-refractivity contribution in [2.24, 2.45) is 0 Å². The van der Waals surface area contributed by atoms with E-state index in [9.17, 15) is 9.59 Å². The fraction of sp³-hybridized carbons (Fsp3) is 0.714. The van der Waals surface area contributed by atoms with Gasteiger partial charge in [-0.15, -0.1) is 0 Å². The van der Waals surface area contributed by atoms with Crippen molar-refractivity contribution < 1.29 is 9.59 Å². The average Bonchev–Trinajstić information content (AvgIpc) is 1.82. The molecule has 4 heteroatoms. The Balaban J connectivity index is 2.57. The van der Waals surface area contributed by atoms with Crippen molar-refractivity contribution in [1.82, 2.24) is 5.32 Å². The third-order valence-electron chi connectivity index (χ3n) is 1.64. The van der Waals surface area contributed by atoms with Crippen LogP contribution in [0.15, 0.2) is 0 Å². The summed E-state index contributed by atoms with van der Waals surface area (Å²) in [6.07, 6.45) is 0. The summed E-state index contributed by atoms with van der Waals surface area (Å²) in [4.78, 5) is 21.5. The molecule has 0 aromatic heterocycles. The average molecular weight is 173 g/mol. The van der Waals surface area contributed by atoms with Gasteiger partial charge in [-0.1, -0.05) is 11.8 Å². The molecule has 0 aromatic rings. The van der Waals surface area contributed by atoms with Gasteiger partial charge in [-0.05, 0) is 13.8 Å². The zero-order valence-corrected chi connectivity index (χ0v) is 7.62. The van der Waals surface area contributed by atoms with Crippen LogP contribution in [-0.4, -0.2) is 21.8 Å². The molecule has 1 fully saturated rings. The zero-order chi connectivity index (χ0) is 8.65. The minimum absolute atomic E-state index is 0.0604. The van der Waals surface area contributed by atoms with Crippen molar-refractivity contribution in [2.75, 3.05) is 0 Å². The normalized spacial score (nSPS) is 27.5. The van der Waals surface area contributed by atoms with Crippen LogP contribution >= 0.6 is 11.8 Å². The van der Waals surface area contributed by atoms with Gasteiger partial charge < -0.3 is 5.32 Å². The molecule has 0 spiro atoms. The molecule has 0 aliphatic carbocycles. The van der Waals surface area contributed by atoms with Crippen molar-refractivity contribution in [2.45, 2.75) is 31.6 Å². The van der Waals surface area contributed by atoms with Gasteiger partial charge in [0.2, 0.25) is 11.0 Å². The van der Waals surface area contributed by atoms with Crippen LogP contribution in [0, 0.1) is 0 Å². The van der Waals surface area contributed by atoms with E-state index in [2.05, 4.69) is 5.32 Å². The predicted octanol–water partition coefficient (Wildman–Crippen LogP) is 0.543. The molecule has 1 rings (SSSR count). The van der Waals surface area contributed by atoms with Crippen molar-refractivity contribution in [3.63, 3.8) is 0 Å². The molecule has 0 radical (unpaired) electrons. The standard InChI is InChI=1S/C7H11NO2S/c1-4(9)8-5-6(10)11-7(5,2)3/h5H,1-3H3,(H,8,9)/t5-/m0/s1. The van der Waals surface area contributed by atoms with Crippen LogP contribution in [0.4, 0.5) is 0 Å². The Hall–Kier alpha value is -0.510. The summed E-state index contributed by atoms with van der Waals surface area (Å²) in [6, 6.07) is -0.287. The molecule has 1 heterocycles. The smallest absolute Gasteiger partial charge is 0.217 e. The summed E-state index contributed by atoms with van der Waals surface area (Å²) in [7, 11) is 0. The molecule has 62 valence electrons. The largest absolute Gasteiger partial charge is 0.344 e. The maximum atomic E-state index is 10.9. The lowest BCUT2D eigenvalue weighted by molar-refractivity contribution is -0.124. The number of hydrogen-bond donors (Lipinski definition) is 1. The Morgan fingerprint density at radius 2 is 2.18 bits per heavy atom. The Bertz CT molecular complexity index is 212. The summed E-state index contributed by atoms with van der Waals surface area (Å²) < 4.78 is -0.122. The summed E-state index contributed by atoms with van der Waals surface area (Å²) in [5.74, 6) is -0.142. The van der Waals surface area contributed by atoms with E-state index in [1.807, 2.05) is 13.8 Å². The predicted molar refractivity (Wildman–Crippen MR) is 44.3 cm³/mol. The quantitative estimate of drug-likeness (QED) is 0.629. The third-order valence-corrected chi connectivity index (χ3v) is 2.84. The SMILES string of the molecule is CC(=O)N[C@H]1C(=O)SC1(C)C. The number of nitrogens with one attached hydrogen (secondary N) is 1. The fourth-order valence-corrected chi connectivity index (χ4v) is 2.13. The van der Waals surface area contributed by atoms with Gasteiger partial charge in [-0.2, -0.15) is 0 Å². The maximum absolute atomic E-state index is 10.9. The highest BCUT2D eigenvalue weighted by Crippen LogP contribution is 2.41. The summed E-state index contributed by atoms with van der Waals surface area (Å²) in [5, 5.41) is 2.67. The minimum atomic E-state index is -0.287. The van der Waals surface area contributed by atoms with Crippen LogP contribution in [0.1, 0.15) is 20.8 Å². The van der Waals surface area contributed by atoms with Gasteiger partial charge in [0.15, 0.2) is 0 Å². The Kier molecular flexibility index (Phi) is 1.96. The van der Waals surface area contributed by atoms with Crippen LogP contribution in [0.5, 0.6) is 0 Å². The van der Waals surface area contributed by atoms with Gasteiger partial charge in [0, 0.05) is 11.7 Å². The van der Waals surface area contributed by atoms with Crippen LogP contribution in [0.25, 0.3) is 0 Å². The fourth-order valence-electron chi connectivity index (χ4n) is 1.04. The molecule has 1 N–H and O–H groups in total. The highest BCUT2D eigenvalue weighted by Gasteiger charge is 2.48. The molecule has 1 saturated heterocycles. The van der Waals surface area contributed by atoms with E-state index >= 15 is 0 Å². The minimum Gasteiger partial charge on any atom is -0.344 e. The molecule has 1 atom stereocenters. The number of carbonyl (C=O) groups excluding carboxylic acids is 2. The Morgan fingerprint density at radius 3 is 2.36 bits per heavy atom. The van der Waals surface area contributed by atoms with Gasteiger partial charge >= 0.3 is 0 Å². The lowest BCUT2D eigenvalue weighted by atomic mass is 10.0. The van der Waals surface area contributed by atoms with E-state index in [1.54, 1.807) is 0 Å². The maximum Gasteiger partial charge on any atom is 0.217 e. The van der Waals surface area contributed by atoms with E-state index < -0.39 is 0 Å². The first-order valence-electron chi connectivity index (χ1n) is 3.43. The molecule has 11 heavy (non-hydrogen) atoms. The third kappa shape index (κ3) is 1.56. The van der Waals surface area contributed by atoms with E-state index in [0.29, 0.717) is 0 Å². The number of carbonyl (C=O) groups is 2. The molecule has 1 aliphatic rings. The first-order chi connectivity index (χ1) is 4.93. The first kappa shape index (κ1) is 8.59. The molecule has 0 bridgehead atoms. The molecule has 0 unspecified atom stereocenters. The van der Waals surface area contributed by atoms with Crippen molar-refractivity contribution >= 4 is 22.8 Å². The van der Waals surface area contributed by atoms with Crippen LogP contribution in [-0.2, 0) is 9.59 Å². The number of hydrogen-bond acceptors (Lipinski definition) is 3. The summed E-state index contributed by atoms with van der Waals surface area (Å²) in [5.41, 5.74) is 0. The number of amides is 1. The second-order valence-electron chi connectivity index (χ2n) is 3.16. The molecule has 0 saturated carbocycles. The van der Waals surface area contributed by atoms with Crippen LogP contribution < -0.4 is 5.32 Å². The van der Waals surface area contributed by atoms with Gasteiger partial charge in [0.05, 0.1) is 0 Å². The molecule has 0 aromatic carbocycles. The van der Waals surface area contributed by atoms with Crippen molar-refractivity contribution in [3.8, 4) is 0 Å². The van der Waals surface area contributed by atoms with Crippen LogP contribution in [0.2, 0.25) is 0 Å². The van der Waals surface area contributed by atoms with Crippen molar-refractivity contribution in [3.05, 3.63) is 0 Å². The number of rotatable bonds is 1. The molecular weight excluding hydrogens is 162 g/mol. The second-order valence-corrected chi connectivity index (χ2v) is 4.82. The summed E-state index contributed by atoms with van der Waals surface area (Å²) >= 11 is 1.28. The van der Waals surface area contributed by atoms with Crippen LogP contribution in [0.3, 0.4) is 0 Å².